The van der Waals surface area contributed by atoms with Crippen LogP contribution < -0.4 is 4.74 Å². The minimum Gasteiger partial charge on any atom is -0.497 e. The van der Waals surface area contributed by atoms with Gasteiger partial charge in [0.2, 0.25) is 0 Å². The number of hydrogen-bond donors (Lipinski definition) is 2. The van der Waals surface area contributed by atoms with Crippen LogP contribution in [-0.2, 0) is 4.79 Å². The first-order chi connectivity index (χ1) is 8.60. The van der Waals surface area contributed by atoms with Gasteiger partial charge in [-0.15, -0.1) is 0 Å². The Bertz CT molecular complexity index is 389. The maximum absolute atomic E-state index is 11.2. The zero-order chi connectivity index (χ0) is 13.5. The van der Waals surface area contributed by atoms with E-state index in [9.17, 15) is 9.90 Å². The van der Waals surface area contributed by atoms with E-state index in [1.54, 1.807) is 24.3 Å². The molecule has 0 saturated carbocycles. The van der Waals surface area contributed by atoms with Crippen LogP contribution in [0.15, 0.2) is 24.3 Å². The third-order valence-corrected chi connectivity index (χ3v) is 3.00. The van der Waals surface area contributed by atoms with Crippen molar-refractivity contribution in [2.75, 3.05) is 7.11 Å². The van der Waals surface area contributed by atoms with E-state index in [1.807, 2.05) is 6.92 Å². The Balaban J connectivity index is 2.86. The van der Waals surface area contributed by atoms with Crippen LogP contribution in [0.3, 0.4) is 0 Å². The van der Waals surface area contributed by atoms with Crippen molar-refractivity contribution in [2.45, 2.75) is 32.3 Å². The maximum Gasteiger partial charge on any atom is 0.309 e. The van der Waals surface area contributed by atoms with Gasteiger partial charge in [0.1, 0.15) is 5.75 Å². The molecule has 0 aliphatic rings. The number of aliphatic hydroxyl groups excluding tert-OH is 1. The van der Waals surface area contributed by atoms with E-state index in [0.29, 0.717) is 17.7 Å². The van der Waals surface area contributed by atoms with Gasteiger partial charge in [0.15, 0.2) is 0 Å². The van der Waals surface area contributed by atoms with Crippen molar-refractivity contribution in [3.63, 3.8) is 0 Å². The van der Waals surface area contributed by atoms with Crippen LogP contribution in [0, 0.1) is 5.92 Å². The van der Waals surface area contributed by atoms with Gasteiger partial charge < -0.3 is 14.9 Å². The van der Waals surface area contributed by atoms with E-state index in [4.69, 9.17) is 9.84 Å². The minimum atomic E-state index is -0.996. The molecule has 0 amide bonds. The second-order valence-corrected chi connectivity index (χ2v) is 4.31. The molecule has 1 aromatic carbocycles. The fourth-order valence-electron chi connectivity index (χ4n) is 1.90. The van der Waals surface area contributed by atoms with E-state index < -0.39 is 18.0 Å². The zero-order valence-electron chi connectivity index (χ0n) is 10.8. The van der Waals surface area contributed by atoms with Gasteiger partial charge in [0.25, 0.3) is 0 Å². The third kappa shape index (κ3) is 3.74. The highest BCUT2D eigenvalue weighted by Gasteiger charge is 2.27. The number of carbonyl (C=O) groups is 1. The number of rotatable bonds is 7. The lowest BCUT2D eigenvalue weighted by Gasteiger charge is -2.19. The molecule has 2 atom stereocenters. The molecule has 0 heterocycles. The molecule has 1 rings (SSSR count). The van der Waals surface area contributed by atoms with Crippen LogP contribution in [-0.4, -0.2) is 23.3 Å². The standard InChI is InChI=1S/C14H20O4/c1-3-4-8-12(14(16)17)13(15)10-6-5-7-11(9-10)18-2/h5-7,9,12-13,15H,3-4,8H2,1-2H3,(H,16,17). The van der Waals surface area contributed by atoms with Crippen molar-refractivity contribution in [1.29, 1.82) is 0 Å². The largest absolute Gasteiger partial charge is 0.497 e. The van der Waals surface area contributed by atoms with Crippen LogP contribution in [0.5, 0.6) is 5.75 Å². The average Bonchev–Trinajstić information content (AvgIpc) is 2.38. The van der Waals surface area contributed by atoms with Gasteiger partial charge in [-0.3, -0.25) is 4.79 Å². The number of methoxy groups -OCH3 is 1. The lowest BCUT2D eigenvalue weighted by Crippen LogP contribution is -2.22. The highest BCUT2D eigenvalue weighted by Crippen LogP contribution is 2.28. The number of unbranched alkanes of at least 4 members (excludes halogenated alkanes) is 1. The van der Waals surface area contributed by atoms with Crippen LogP contribution in [0.1, 0.15) is 37.9 Å². The summed E-state index contributed by atoms with van der Waals surface area (Å²) in [5.41, 5.74) is 0.581. The van der Waals surface area contributed by atoms with Crippen LogP contribution in [0.4, 0.5) is 0 Å². The van der Waals surface area contributed by atoms with E-state index in [0.717, 1.165) is 12.8 Å². The SMILES string of the molecule is CCCCC(C(=O)O)C(O)c1cccc(OC)c1. The lowest BCUT2D eigenvalue weighted by molar-refractivity contribution is -0.146. The van der Waals surface area contributed by atoms with E-state index in [1.165, 1.54) is 7.11 Å². The van der Waals surface area contributed by atoms with Gasteiger partial charge in [-0.05, 0) is 24.1 Å². The Hall–Kier alpha value is -1.55. The summed E-state index contributed by atoms with van der Waals surface area (Å²) in [5.74, 6) is -1.11. The molecule has 2 N–H and O–H groups in total. The fraction of sp³-hybridized carbons (Fsp3) is 0.500. The molecule has 0 radical (unpaired) electrons. The number of carboxylic acid groups (broad SMARTS) is 1. The average molecular weight is 252 g/mol. The Morgan fingerprint density at radius 1 is 1.44 bits per heavy atom. The Morgan fingerprint density at radius 3 is 2.72 bits per heavy atom. The molecule has 4 heteroatoms. The summed E-state index contributed by atoms with van der Waals surface area (Å²) in [4.78, 5) is 11.2. The number of carboxylic acids is 1. The highest BCUT2D eigenvalue weighted by atomic mass is 16.5. The van der Waals surface area contributed by atoms with Crippen LogP contribution >= 0.6 is 0 Å². The molecule has 4 nitrogen and oxygen atoms in total. The highest BCUT2D eigenvalue weighted by molar-refractivity contribution is 5.71. The Morgan fingerprint density at radius 2 is 2.17 bits per heavy atom. The van der Waals surface area contributed by atoms with Gasteiger partial charge in [-0.1, -0.05) is 31.9 Å². The Kier molecular flexibility index (Phi) is 5.65. The van der Waals surface area contributed by atoms with Crippen LogP contribution in [0.2, 0.25) is 0 Å². The number of hydrogen-bond acceptors (Lipinski definition) is 3. The summed E-state index contributed by atoms with van der Waals surface area (Å²) < 4.78 is 5.07. The van der Waals surface area contributed by atoms with Crippen molar-refractivity contribution in [1.82, 2.24) is 0 Å². The van der Waals surface area contributed by atoms with E-state index >= 15 is 0 Å². The molecule has 0 fully saturated rings. The second-order valence-electron chi connectivity index (χ2n) is 4.31. The number of aliphatic hydroxyl groups is 1. The third-order valence-electron chi connectivity index (χ3n) is 3.00. The molecule has 2 unspecified atom stereocenters. The molecular weight excluding hydrogens is 232 g/mol. The van der Waals surface area contributed by atoms with Crippen molar-refractivity contribution in [3.8, 4) is 5.75 Å². The molecule has 0 saturated heterocycles. The molecule has 100 valence electrons. The van der Waals surface area contributed by atoms with Gasteiger partial charge >= 0.3 is 5.97 Å². The molecule has 0 aliphatic carbocycles. The number of aliphatic carboxylic acids is 1. The van der Waals surface area contributed by atoms with Gasteiger partial charge in [0, 0.05) is 0 Å². The van der Waals surface area contributed by atoms with Crippen LogP contribution in [0.25, 0.3) is 0 Å². The van der Waals surface area contributed by atoms with Gasteiger partial charge in [0.05, 0.1) is 19.1 Å². The predicted molar refractivity (Wildman–Crippen MR) is 68.6 cm³/mol. The predicted octanol–water partition coefficient (Wildman–Crippen LogP) is 2.62. The molecule has 1 aromatic rings. The monoisotopic (exact) mass is 252 g/mol. The molecule has 0 spiro atoms. The molecule has 18 heavy (non-hydrogen) atoms. The second kappa shape index (κ2) is 7.01. The van der Waals surface area contributed by atoms with Crippen molar-refractivity contribution in [3.05, 3.63) is 29.8 Å². The normalized spacial score (nSPS) is 13.9. The topological polar surface area (TPSA) is 66.8 Å². The van der Waals surface area contributed by atoms with Crippen molar-refractivity contribution >= 4 is 5.97 Å². The Labute approximate surface area is 107 Å². The molecule has 0 bridgehead atoms. The summed E-state index contributed by atoms with van der Waals surface area (Å²) in [6, 6.07) is 6.90. The number of benzene rings is 1. The van der Waals surface area contributed by atoms with E-state index in [-0.39, 0.29) is 0 Å². The quantitative estimate of drug-likeness (QED) is 0.782. The van der Waals surface area contributed by atoms with Crippen molar-refractivity contribution < 1.29 is 19.7 Å². The molecular formula is C14H20O4. The molecule has 0 aliphatic heterocycles. The zero-order valence-corrected chi connectivity index (χ0v) is 10.8. The smallest absolute Gasteiger partial charge is 0.309 e. The first kappa shape index (κ1) is 14.5. The summed E-state index contributed by atoms with van der Waals surface area (Å²) in [7, 11) is 1.54. The van der Waals surface area contributed by atoms with Crippen molar-refractivity contribution in [2.24, 2.45) is 5.92 Å². The minimum absolute atomic E-state index is 0.476. The van der Waals surface area contributed by atoms with Gasteiger partial charge in [-0.2, -0.15) is 0 Å². The maximum atomic E-state index is 11.2. The fourth-order valence-corrected chi connectivity index (χ4v) is 1.90. The lowest BCUT2D eigenvalue weighted by atomic mass is 9.91. The summed E-state index contributed by atoms with van der Waals surface area (Å²) in [5, 5.41) is 19.3. The van der Waals surface area contributed by atoms with Gasteiger partial charge in [-0.25, -0.2) is 0 Å². The van der Waals surface area contributed by atoms with E-state index in [2.05, 4.69) is 0 Å². The summed E-state index contributed by atoms with van der Waals surface area (Å²) in [6.45, 7) is 2.00. The summed E-state index contributed by atoms with van der Waals surface area (Å²) in [6.07, 6.45) is 1.18. The first-order valence-electron chi connectivity index (χ1n) is 6.15. The number of ether oxygens (including phenoxy) is 1. The molecule has 0 aromatic heterocycles. The first-order valence-corrected chi connectivity index (χ1v) is 6.15. The summed E-state index contributed by atoms with van der Waals surface area (Å²) >= 11 is 0.